The van der Waals surface area contributed by atoms with Gasteiger partial charge >= 0.3 is 0 Å². The highest BCUT2D eigenvalue weighted by Crippen LogP contribution is 2.21. The number of nitrogens with one attached hydrogen (secondary N) is 1. The molecule has 0 radical (unpaired) electrons. The van der Waals surface area contributed by atoms with Gasteiger partial charge in [0, 0.05) is 11.1 Å². The van der Waals surface area contributed by atoms with Gasteiger partial charge in [0.05, 0.1) is 7.11 Å². The molecule has 0 aromatic heterocycles. The van der Waals surface area contributed by atoms with Crippen LogP contribution in [0.3, 0.4) is 0 Å². The highest BCUT2D eigenvalue weighted by Gasteiger charge is 2.14. The molecule has 2 heteroatoms. The standard InChI is InChI=1S/C18H29NO/c1-6-19-18(3,4)13-9-7-8-10-16-14-15(2)11-12-17(16)20-5/h8,10-12,14,19H,6-7,9,13H2,1-5H3/b10-8+. The second kappa shape index (κ2) is 8.11. The highest BCUT2D eigenvalue weighted by atomic mass is 16.5. The lowest BCUT2D eigenvalue weighted by atomic mass is 9.97. The molecule has 0 unspecified atom stereocenters. The van der Waals surface area contributed by atoms with Crippen LogP contribution in [0, 0.1) is 6.92 Å². The number of ether oxygens (including phenoxy) is 1. The summed E-state index contributed by atoms with van der Waals surface area (Å²) in [5, 5.41) is 3.51. The number of unbranched alkanes of at least 4 members (excludes halogenated alkanes) is 1. The van der Waals surface area contributed by atoms with Gasteiger partial charge in [-0.05, 0) is 58.7 Å². The molecule has 0 aliphatic rings. The minimum atomic E-state index is 0.240. The number of methoxy groups -OCH3 is 1. The van der Waals surface area contributed by atoms with Gasteiger partial charge in [0.15, 0.2) is 0 Å². The molecule has 0 aliphatic heterocycles. The third-order valence-corrected chi connectivity index (χ3v) is 3.51. The van der Waals surface area contributed by atoms with Gasteiger partial charge in [0.2, 0.25) is 0 Å². The van der Waals surface area contributed by atoms with Gasteiger partial charge in [-0.15, -0.1) is 0 Å². The summed E-state index contributed by atoms with van der Waals surface area (Å²) < 4.78 is 5.38. The van der Waals surface area contributed by atoms with E-state index in [1.807, 2.05) is 6.07 Å². The van der Waals surface area contributed by atoms with Crippen molar-refractivity contribution in [1.82, 2.24) is 5.32 Å². The number of rotatable bonds is 8. The molecule has 0 saturated heterocycles. The minimum absolute atomic E-state index is 0.240. The Kier molecular flexibility index (Phi) is 6.80. The Morgan fingerprint density at radius 3 is 2.70 bits per heavy atom. The summed E-state index contributed by atoms with van der Waals surface area (Å²) >= 11 is 0. The summed E-state index contributed by atoms with van der Waals surface area (Å²) in [4.78, 5) is 0. The Morgan fingerprint density at radius 2 is 2.05 bits per heavy atom. The van der Waals surface area contributed by atoms with Crippen molar-refractivity contribution in [2.24, 2.45) is 0 Å². The molecular weight excluding hydrogens is 246 g/mol. The monoisotopic (exact) mass is 275 g/mol. The zero-order valence-electron chi connectivity index (χ0n) is 13.6. The second-order valence-corrected chi connectivity index (χ2v) is 5.95. The van der Waals surface area contributed by atoms with Gasteiger partial charge in [-0.3, -0.25) is 0 Å². The zero-order valence-corrected chi connectivity index (χ0v) is 13.6. The summed E-state index contributed by atoms with van der Waals surface area (Å²) in [5.41, 5.74) is 2.67. The molecule has 2 nitrogen and oxygen atoms in total. The van der Waals surface area contributed by atoms with Crippen molar-refractivity contribution in [1.29, 1.82) is 0 Å². The first-order valence-electron chi connectivity index (χ1n) is 7.54. The van der Waals surface area contributed by atoms with Crippen LogP contribution in [0.25, 0.3) is 6.08 Å². The first-order valence-corrected chi connectivity index (χ1v) is 7.54. The molecule has 1 aromatic rings. The molecule has 0 aliphatic carbocycles. The van der Waals surface area contributed by atoms with Crippen LogP contribution in [0.5, 0.6) is 5.75 Å². The van der Waals surface area contributed by atoms with Crippen LogP contribution in [0.1, 0.15) is 51.2 Å². The van der Waals surface area contributed by atoms with Crippen molar-refractivity contribution >= 4 is 6.08 Å². The molecule has 0 spiro atoms. The zero-order chi connectivity index (χ0) is 15.0. The third-order valence-electron chi connectivity index (χ3n) is 3.51. The van der Waals surface area contributed by atoms with E-state index in [4.69, 9.17) is 4.74 Å². The fourth-order valence-electron chi connectivity index (χ4n) is 2.42. The lowest BCUT2D eigenvalue weighted by Crippen LogP contribution is -2.38. The lowest BCUT2D eigenvalue weighted by Gasteiger charge is -2.25. The fourth-order valence-corrected chi connectivity index (χ4v) is 2.42. The largest absolute Gasteiger partial charge is 0.496 e. The number of benzene rings is 1. The van der Waals surface area contributed by atoms with E-state index in [0.717, 1.165) is 18.7 Å². The first-order chi connectivity index (χ1) is 9.48. The van der Waals surface area contributed by atoms with E-state index in [1.165, 1.54) is 24.0 Å². The van der Waals surface area contributed by atoms with E-state index in [-0.39, 0.29) is 5.54 Å². The van der Waals surface area contributed by atoms with Gasteiger partial charge in [0.1, 0.15) is 5.75 Å². The number of allylic oxidation sites excluding steroid dienone is 1. The molecular formula is C18H29NO. The average molecular weight is 275 g/mol. The molecule has 0 heterocycles. The summed E-state index contributed by atoms with van der Waals surface area (Å²) in [5.74, 6) is 0.944. The number of aryl methyl sites for hydroxylation is 1. The maximum absolute atomic E-state index is 5.38. The van der Waals surface area contributed by atoms with Gasteiger partial charge in [-0.1, -0.05) is 30.7 Å². The minimum Gasteiger partial charge on any atom is -0.496 e. The smallest absolute Gasteiger partial charge is 0.126 e. The SMILES string of the molecule is CCNC(C)(C)CCC/C=C/c1cc(C)ccc1OC. The van der Waals surface area contributed by atoms with Crippen molar-refractivity contribution in [3.8, 4) is 5.75 Å². The Hall–Kier alpha value is -1.28. The number of hydrogen-bond acceptors (Lipinski definition) is 2. The van der Waals surface area contributed by atoms with Crippen LogP contribution in [-0.4, -0.2) is 19.2 Å². The molecule has 0 atom stereocenters. The molecule has 20 heavy (non-hydrogen) atoms. The quantitative estimate of drug-likeness (QED) is 0.701. The fraction of sp³-hybridized carbons (Fsp3) is 0.556. The summed E-state index contributed by atoms with van der Waals surface area (Å²) in [6, 6.07) is 6.27. The summed E-state index contributed by atoms with van der Waals surface area (Å²) in [6.07, 6.45) is 7.91. The van der Waals surface area contributed by atoms with E-state index >= 15 is 0 Å². The maximum Gasteiger partial charge on any atom is 0.126 e. The van der Waals surface area contributed by atoms with Crippen molar-refractivity contribution in [3.05, 3.63) is 35.4 Å². The van der Waals surface area contributed by atoms with Crippen LogP contribution < -0.4 is 10.1 Å². The highest BCUT2D eigenvalue weighted by molar-refractivity contribution is 5.58. The predicted octanol–water partition coefficient (Wildman–Crippen LogP) is 4.58. The molecule has 112 valence electrons. The Morgan fingerprint density at radius 1 is 1.30 bits per heavy atom. The van der Waals surface area contributed by atoms with Gasteiger partial charge < -0.3 is 10.1 Å². The van der Waals surface area contributed by atoms with Crippen molar-refractivity contribution in [2.45, 2.75) is 52.5 Å². The normalized spacial score (nSPS) is 12.1. The van der Waals surface area contributed by atoms with Gasteiger partial charge in [0.25, 0.3) is 0 Å². The topological polar surface area (TPSA) is 21.3 Å². The molecule has 1 rings (SSSR count). The molecule has 0 amide bonds. The van der Waals surface area contributed by atoms with Crippen LogP contribution in [0.15, 0.2) is 24.3 Å². The second-order valence-electron chi connectivity index (χ2n) is 5.95. The summed E-state index contributed by atoms with van der Waals surface area (Å²) in [7, 11) is 1.72. The molecule has 0 bridgehead atoms. The summed E-state index contributed by atoms with van der Waals surface area (Å²) in [6.45, 7) is 9.83. The number of hydrogen-bond donors (Lipinski definition) is 1. The van der Waals surface area contributed by atoms with Crippen LogP contribution >= 0.6 is 0 Å². The van der Waals surface area contributed by atoms with E-state index in [0.29, 0.717) is 0 Å². The van der Waals surface area contributed by atoms with Crippen LogP contribution in [0.4, 0.5) is 0 Å². The van der Waals surface area contributed by atoms with Crippen molar-refractivity contribution in [2.75, 3.05) is 13.7 Å². The Bertz CT molecular complexity index is 435. The van der Waals surface area contributed by atoms with Crippen LogP contribution in [-0.2, 0) is 0 Å². The van der Waals surface area contributed by atoms with Gasteiger partial charge in [-0.2, -0.15) is 0 Å². The van der Waals surface area contributed by atoms with E-state index < -0.39 is 0 Å². The maximum atomic E-state index is 5.38. The first kappa shape index (κ1) is 16.8. The third kappa shape index (κ3) is 5.79. The lowest BCUT2D eigenvalue weighted by molar-refractivity contribution is 0.363. The van der Waals surface area contributed by atoms with E-state index in [2.05, 4.69) is 57.3 Å². The predicted molar refractivity (Wildman–Crippen MR) is 88.4 cm³/mol. The average Bonchev–Trinajstić information content (AvgIpc) is 2.38. The van der Waals surface area contributed by atoms with E-state index in [9.17, 15) is 0 Å². The van der Waals surface area contributed by atoms with Crippen molar-refractivity contribution in [3.63, 3.8) is 0 Å². The van der Waals surface area contributed by atoms with Crippen molar-refractivity contribution < 1.29 is 4.74 Å². The van der Waals surface area contributed by atoms with Gasteiger partial charge in [-0.25, -0.2) is 0 Å². The van der Waals surface area contributed by atoms with E-state index in [1.54, 1.807) is 7.11 Å². The molecule has 1 aromatic carbocycles. The van der Waals surface area contributed by atoms with Crippen LogP contribution in [0.2, 0.25) is 0 Å². The Labute approximate surface area is 124 Å². The molecule has 0 saturated carbocycles. The molecule has 0 fully saturated rings. The molecule has 1 N–H and O–H groups in total. The Balaban J connectivity index is 2.47.